The minimum atomic E-state index is -0.961. The lowest BCUT2D eigenvalue weighted by molar-refractivity contribution is -0.124. The van der Waals surface area contributed by atoms with Crippen LogP contribution in [0.2, 0.25) is 0 Å². The molecule has 2 fully saturated rings. The number of amidine groups is 1. The molecule has 7 heteroatoms. The van der Waals surface area contributed by atoms with Crippen LogP contribution in [0.3, 0.4) is 0 Å². The van der Waals surface area contributed by atoms with Crippen LogP contribution in [0.4, 0.5) is 5.69 Å². The molecule has 3 aromatic rings. The van der Waals surface area contributed by atoms with Crippen molar-refractivity contribution in [3.05, 3.63) is 82.5 Å². The van der Waals surface area contributed by atoms with Crippen LogP contribution in [-0.2, 0) is 4.79 Å². The van der Waals surface area contributed by atoms with Gasteiger partial charge >= 0.3 is 5.97 Å². The molecule has 178 valence electrons. The second kappa shape index (κ2) is 9.96. The molecular formula is C28H26N2O4S. The largest absolute Gasteiger partial charge is 0.478 e. The molecule has 0 radical (unpaired) electrons. The van der Waals surface area contributed by atoms with Crippen LogP contribution in [0, 0.1) is 6.92 Å². The van der Waals surface area contributed by atoms with Crippen LogP contribution in [0.5, 0.6) is 0 Å². The van der Waals surface area contributed by atoms with Gasteiger partial charge in [-0.05, 0) is 73.5 Å². The van der Waals surface area contributed by atoms with E-state index in [-0.39, 0.29) is 17.5 Å². The summed E-state index contributed by atoms with van der Waals surface area (Å²) in [6.45, 7) is 1.85. The molecule has 2 heterocycles. The second-order valence-corrected chi connectivity index (χ2v) is 9.85. The van der Waals surface area contributed by atoms with E-state index in [1.54, 1.807) is 24.3 Å². The van der Waals surface area contributed by atoms with E-state index in [0.29, 0.717) is 21.6 Å². The Morgan fingerprint density at radius 1 is 1.09 bits per heavy atom. The molecule has 1 saturated carbocycles. The Balaban J connectivity index is 1.45. The number of para-hydroxylation sites is 1. The van der Waals surface area contributed by atoms with Crippen LogP contribution in [0.1, 0.15) is 53.8 Å². The third-order valence-electron chi connectivity index (χ3n) is 6.40. The van der Waals surface area contributed by atoms with Gasteiger partial charge in [-0.3, -0.25) is 9.69 Å². The van der Waals surface area contributed by atoms with Crippen molar-refractivity contribution in [2.24, 2.45) is 4.99 Å². The molecule has 0 spiro atoms. The van der Waals surface area contributed by atoms with Gasteiger partial charge in [0.05, 0.1) is 16.2 Å². The van der Waals surface area contributed by atoms with Gasteiger partial charge in [-0.25, -0.2) is 9.79 Å². The number of aryl methyl sites for hydroxylation is 1. The summed E-state index contributed by atoms with van der Waals surface area (Å²) in [4.78, 5) is 32.0. The van der Waals surface area contributed by atoms with Crippen molar-refractivity contribution in [1.82, 2.24) is 4.90 Å². The first-order chi connectivity index (χ1) is 17.0. The molecule has 1 N–H and O–H groups in total. The van der Waals surface area contributed by atoms with Crippen molar-refractivity contribution in [1.29, 1.82) is 0 Å². The highest BCUT2D eigenvalue weighted by Gasteiger charge is 2.38. The van der Waals surface area contributed by atoms with E-state index in [0.717, 1.165) is 42.5 Å². The molecule has 35 heavy (non-hydrogen) atoms. The van der Waals surface area contributed by atoms with E-state index in [9.17, 15) is 14.7 Å². The van der Waals surface area contributed by atoms with Crippen molar-refractivity contribution >= 4 is 40.6 Å². The number of amides is 1. The van der Waals surface area contributed by atoms with Crippen LogP contribution in [-0.4, -0.2) is 33.1 Å². The number of carbonyl (C=O) groups is 2. The summed E-state index contributed by atoms with van der Waals surface area (Å²) in [6, 6.07) is 18.5. The average molecular weight is 487 g/mol. The van der Waals surface area contributed by atoms with Crippen molar-refractivity contribution in [2.45, 2.75) is 45.1 Å². The molecule has 5 rings (SSSR count). The van der Waals surface area contributed by atoms with Gasteiger partial charge in [-0.15, -0.1) is 0 Å². The number of carboxylic acid groups (broad SMARTS) is 1. The van der Waals surface area contributed by atoms with E-state index in [1.165, 1.54) is 18.2 Å². The third kappa shape index (κ3) is 4.95. The normalized spacial score (nSPS) is 19.1. The highest BCUT2D eigenvalue weighted by atomic mass is 32.2. The number of furan rings is 1. The van der Waals surface area contributed by atoms with Gasteiger partial charge in [0.15, 0.2) is 5.17 Å². The third-order valence-corrected chi connectivity index (χ3v) is 7.38. The Morgan fingerprint density at radius 2 is 1.86 bits per heavy atom. The lowest BCUT2D eigenvalue weighted by Crippen LogP contribution is -2.40. The number of hydrogen-bond acceptors (Lipinski definition) is 5. The zero-order valence-electron chi connectivity index (χ0n) is 19.4. The molecule has 2 aliphatic rings. The predicted octanol–water partition coefficient (Wildman–Crippen LogP) is 6.89. The van der Waals surface area contributed by atoms with E-state index >= 15 is 0 Å². The Morgan fingerprint density at radius 3 is 2.57 bits per heavy atom. The van der Waals surface area contributed by atoms with E-state index in [1.807, 2.05) is 54.3 Å². The number of aromatic carboxylic acids is 1. The smallest absolute Gasteiger partial charge is 0.335 e. The maximum Gasteiger partial charge on any atom is 0.335 e. The number of aliphatic imine (C=N–C) groups is 1. The highest BCUT2D eigenvalue weighted by Crippen LogP contribution is 2.39. The van der Waals surface area contributed by atoms with Crippen molar-refractivity contribution in [3.8, 4) is 11.3 Å². The summed E-state index contributed by atoms with van der Waals surface area (Å²) in [5, 5.41) is 9.92. The molecule has 2 aromatic carbocycles. The van der Waals surface area contributed by atoms with E-state index < -0.39 is 5.97 Å². The minimum Gasteiger partial charge on any atom is -0.478 e. The molecule has 0 bridgehead atoms. The zero-order valence-corrected chi connectivity index (χ0v) is 20.3. The minimum absolute atomic E-state index is 0.0310. The van der Waals surface area contributed by atoms with Crippen molar-refractivity contribution in [2.75, 3.05) is 0 Å². The average Bonchev–Trinajstić information content (AvgIpc) is 3.44. The summed E-state index contributed by atoms with van der Waals surface area (Å²) in [6.07, 6.45) is 7.22. The number of rotatable bonds is 5. The van der Waals surface area contributed by atoms with Crippen LogP contribution < -0.4 is 0 Å². The SMILES string of the molecule is Cc1cc(C(=O)O)ccc1-c1ccc(/C=C2\SC(=Nc3ccccc3)N(C3CCCCC3)C2=O)o1. The maximum atomic E-state index is 13.5. The number of hydrogen-bond donors (Lipinski definition) is 1. The molecule has 1 amide bonds. The molecular weight excluding hydrogens is 460 g/mol. The highest BCUT2D eigenvalue weighted by molar-refractivity contribution is 8.18. The van der Waals surface area contributed by atoms with Gasteiger partial charge in [-0.1, -0.05) is 43.5 Å². The number of benzene rings is 2. The topological polar surface area (TPSA) is 83.1 Å². The molecule has 0 unspecified atom stereocenters. The van der Waals surface area contributed by atoms with Crippen LogP contribution in [0.15, 0.2) is 75.0 Å². The standard InChI is InChI=1S/C28H26N2O4S/c1-18-16-19(27(32)33)12-14-23(18)24-15-13-22(34-24)17-25-26(31)30(21-10-6-3-7-11-21)28(35-25)29-20-8-4-2-5-9-20/h2,4-5,8-9,12-17,21H,3,6-7,10-11H2,1H3,(H,32,33)/b25-17-,29-28?. The molecule has 1 saturated heterocycles. The molecule has 0 atom stereocenters. The molecule has 1 aliphatic heterocycles. The van der Waals surface area contributed by atoms with Gasteiger partial charge in [0.2, 0.25) is 0 Å². The Hall–Kier alpha value is -3.58. The predicted molar refractivity (Wildman–Crippen MR) is 139 cm³/mol. The van der Waals surface area contributed by atoms with Gasteiger partial charge in [0, 0.05) is 17.7 Å². The van der Waals surface area contributed by atoms with Gasteiger partial charge in [0.1, 0.15) is 11.5 Å². The fourth-order valence-electron chi connectivity index (χ4n) is 4.62. The Kier molecular flexibility index (Phi) is 6.59. The lowest BCUT2D eigenvalue weighted by Gasteiger charge is -2.30. The second-order valence-electron chi connectivity index (χ2n) is 8.84. The zero-order chi connectivity index (χ0) is 24.4. The first-order valence-electron chi connectivity index (χ1n) is 11.8. The number of nitrogens with zero attached hydrogens (tertiary/aromatic N) is 2. The Labute approximate surface area is 208 Å². The van der Waals surface area contributed by atoms with E-state index in [4.69, 9.17) is 9.41 Å². The van der Waals surface area contributed by atoms with E-state index in [2.05, 4.69) is 0 Å². The summed E-state index contributed by atoms with van der Waals surface area (Å²) in [7, 11) is 0. The van der Waals surface area contributed by atoms with Crippen LogP contribution in [0.25, 0.3) is 17.4 Å². The summed E-state index contributed by atoms with van der Waals surface area (Å²) >= 11 is 1.39. The summed E-state index contributed by atoms with van der Waals surface area (Å²) in [5.74, 6) is 0.208. The monoisotopic (exact) mass is 486 g/mol. The maximum absolute atomic E-state index is 13.5. The Bertz CT molecular complexity index is 1320. The first kappa shape index (κ1) is 23.2. The number of carboxylic acids is 1. The quantitative estimate of drug-likeness (QED) is 0.397. The van der Waals surface area contributed by atoms with Crippen LogP contribution >= 0.6 is 11.8 Å². The molecule has 1 aliphatic carbocycles. The molecule has 1 aromatic heterocycles. The summed E-state index contributed by atoms with van der Waals surface area (Å²) < 4.78 is 6.05. The van der Waals surface area contributed by atoms with Gasteiger partial charge in [-0.2, -0.15) is 0 Å². The molecule has 6 nitrogen and oxygen atoms in total. The number of thioether (sulfide) groups is 1. The first-order valence-corrected chi connectivity index (χ1v) is 12.6. The summed E-state index contributed by atoms with van der Waals surface area (Å²) in [5.41, 5.74) is 2.69. The van der Waals surface area contributed by atoms with Crippen molar-refractivity contribution in [3.63, 3.8) is 0 Å². The van der Waals surface area contributed by atoms with Crippen molar-refractivity contribution < 1.29 is 19.1 Å². The van der Waals surface area contributed by atoms with Gasteiger partial charge in [0.25, 0.3) is 5.91 Å². The van der Waals surface area contributed by atoms with Gasteiger partial charge < -0.3 is 9.52 Å². The number of carbonyl (C=O) groups excluding carboxylic acids is 1. The fraction of sp³-hybridized carbons (Fsp3) is 0.250. The lowest BCUT2D eigenvalue weighted by atomic mass is 9.94. The fourth-order valence-corrected chi connectivity index (χ4v) is 5.66.